The van der Waals surface area contributed by atoms with Crippen LogP contribution in [0.15, 0.2) is 18.2 Å². The lowest BCUT2D eigenvalue weighted by atomic mass is 10.1. The molecular weight excluding hydrogens is 278 g/mol. The molecule has 1 fully saturated rings. The summed E-state index contributed by atoms with van der Waals surface area (Å²) in [6, 6.07) is 5.84. The minimum Gasteiger partial charge on any atom is -0.389 e. The van der Waals surface area contributed by atoms with E-state index in [0.717, 1.165) is 55.4 Å². The molecule has 0 bridgehead atoms. The van der Waals surface area contributed by atoms with Crippen molar-refractivity contribution in [2.24, 2.45) is 5.73 Å². The third-order valence-electron chi connectivity index (χ3n) is 3.64. The SMILES string of the molecule is CCN1CCN(Cc2ccc(C(N)=S)cc2Cl)CC1. The summed E-state index contributed by atoms with van der Waals surface area (Å²) in [4.78, 5) is 5.30. The fourth-order valence-electron chi connectivity index (χ4n) is 2.33. The molecule has 0 saturated carbocycles. The summed E-state index contributed by atoms with van der Waals surface area (Å²) < 4.78 is 0. The summed E-state index contributed by atoms with van der Waals surface area (Å²) in [7, 11) is 0. The molecule has 1 aromatic rings. The van der Waals surface area contributed by atoms with Crippen molar-refractivity contribution >= 4 is 28.8 Å². The number of hydrogen-bond donors (Lipinski definition) is 1. The molecule has 5 heteroatoms. The smallest absolute Gasteiger partial charge is 0.104 e. The number of nitrogens with zero attached hydrogens (tertiary/aromatic N) is 2. The van der Waals surface area contributed by atoms with Crippen molar-refractivity contribution in [3.63, 3.8) is 0 Å². The van der Waals surface area contributed by atoms with Gasteiger partial charge in [0.15, 0.2) is 0 Å². The molecule has 19 heavy (non-hydrogen) atoms. The molecule has 0 radical (unpaired) electrons. The molecule has 1 saturated heterocycles. The third kappa shape index (κ3) is 3.89. The first-order valence-corrected chi connectivity index (χ1v) is 7.41. The third-order valence-corrected chi connectivity index (χ3v) is 4.23. The standard InChI is InChI=1S/C14H20ClN3S/c1-2-17-5-7-18(8-6-17)10-12-4-3-11(14(16)19)9-13(12)15/h3-4,9H,2,5-8,10H2,1H3,(H2,16,19). The molecule has 2 rings (SSSR count). The largest absolute Gasteiger partial charge is 0.389 e. The van der Waals surface area contributed by atoms with Gasteiger partial charge >= 0.3 is 0 Å². The summed E-state index contributed by atoms with van der Waals surface area (Å²) in [5.74, 6) is 0. The van der Waals surface area contributed by atoms with E-state index >= 15 is 0 Å². The monoisotopic (exact) mass is 297 g/mol. The maximum atomic E-state index is 6.30. The van der Waals surface area contributed by atoms with E-state index in [1.165, 1.54) is 0 Å². The molecule has 0 atom stereocenters. The Morgan fingerprint density at radius 2 is 1.89 bits per heavy atom. The Hall–Kier alpha value is -0.680. The van der Waals surface area contributed by atoms with E-state index in [1.54, 1.807) is 0 Å². The second-order valence-corrected chi connectivity index (χ2v) is 5.73. The number of piperazine rings is 1. The van der Waals surface area contributed by atoms with Crippen LogP contribution >= 0.6 is 23.8 Å². The predicted molar refractivity (Wildman–Crippen MR) is 84.7 cm³/mol. The van der Waals surface area contributed by atoms with Gasteiger partial charge in [0.1, 0.15) is 4.99 Å². The van der Waals surface area contributed by atoms with E-state index in [2.05, 4.69) is 16.7 Å². The van der Waals surface area contributed by atoms with Gasteiger partial charge in [0, 0.05) is 43.3 Å². The highest BCUT2D eigenvalue weighted by molar-refractivity contribution is 7.80. The maximum Gasteiger partial charge on any atom is 0.104 e. The lowest BCUT2D eigenvalue weighted by Crippen LogP contribution is -2.45. The van der Waals surface area contributed by atoms with Gasteiger partial charge in [0.05, 0.1) is 0 Å². The molecule has 0 amide bonds. The summed E-state index contributed by atoms with van der Waals surface area (Å²) >= 11 is 11.3. The number of hydrogen-bond acceptors (Lipinski definition) is 3. The number of rotatable bonds is 4. The van der Waals surface area contributed by atoms with Crippen molar-refractivity contribution < 1.29 is 0 Å². The molecule has 1 heterocycles. The molecule has 1 aliphatic rings. The minimum absolute atomic E-state index is 0.394. The van der Waals surface area contributed by atoms with Crippen molar-refractivity contribution in [2.75, 3.05) is 32.7 Å². The Balaban J connectivity index is 1.98. The van der Waals surface area contributed by atoms with Crippen molar-refractivity contribution in [1.82, 2.24) is 9.80 Å². The molecule has 1 aromatic carbocycles. The van der Waals surface area contributed by atoms with Crippen LogP contribution in [0.2, 0.25) is 5.02 Å². The van der Waals surface area contributed by atoms with Crippen LogP contribution in [-0.4, -0.2) is 47.5 Å². The molecule has 2 N–H and O–H groups in total. The van der Waals surface area contributed by atoms with Crippen LogP contribution in [-0.2, 0) is 6.54 Å². The summed E-state index contributed by atoms with van der Waals surface area (Å²) in [5.41, 5.74) is 7.58. The summed E-state index contributed by atoms with van der Waals surface area (Å²) in [6.45, 7) is 8.72. The number of nitrogens with two attached hydrogens (primary N) is 1. The molecule has 0 unspecified atom stereocenters. The van der Waals surface area contributed by atoms with Gasteiger partial charge in [-0.05, 0) is 18.2 Å². The quantitative estimate of drug-likeness (QED) is 0.863. The summed E-state index contributed by atoms with van der Waals surface area (Å²) in [6.07, 6.45) is 0. The van der Waals surface area contributed by atoms with Gasteiger partial charge in [-0.1, -0.05) is 42.9 Å². The van der Waals surface area contributed by atoms with Crippen molar-refractivity contribution in [3.05, 3.63) is 34.3 Å². The average molecular weight is 298 g/mol. The molecule has 104 valence electrons. The van der Waals surface area contributed by atoms with E-state index in [4.69, 9.17) is 29.6 Å². The highest BCUT2D eigenvalue weighted by Crippen LogP contribution is 2.20. The first kappa shape index (κ1) is 14.7. The van der Waals surface area contributed by atoms with E-state index in [0.29, 0.717) is 4.99 Å². The Labute approximate surface area is 125 Å². The van der Waals surface area contributed by atoms with Crippen LogP contribution in [0.25, 0.3) is 0 Å². The number of benzene rings is 1. The van der Waals surface area contributed by atoms with Crippen LogP contribution < -0.4 is 5.73 Å². The molecule has 0 aliphatic carbocycles. The predicted octanol–water partition coefficient (Wildman–Crippen LogP) is 2.11. The van der Waals surface area contributed by atoms with Gasteiger partial charge in [-0.2, -0.15) is 0 Å². The van der Waals surface area contributed by atoms with Crippen LogP contribution in [0, 0.1) is 0 Å². The van der Waals surface area contributed by atoms with Gasteiger partial charge in [0.2, 0.25) is 0 Å². The molecule has 0 spiro atoms. The lowest BCUT2D eigenvalue weighted by molar-refractivity contribution is 0.132. The average Bonchev–Trinajstić information content (AvgIpc) is 2.41. The van der Waals surface area contributed by atoms with E-state index in [9.17, 15) is 0 Å². The molecule has 1 aliphatic heterocycles. The van der Waals surface area contributed by atoms with Gasteiger partial charge in [0.25, 0.3) is 0 Å². The fraction of sp³-hybridized carbons (Fsp3) is 0.500. The molecule has 0 aromatic heterocycles. The van der Waals surface area contributed by atoms with Gasteiger partial charge in [-0.15, -0.1) is 0 Å². The maximum absolute atomic E-state index is 6.30. The van der Waals surface area contributed by atoms with E-state index < -0.39 is 0 Å². The van der Waals surface area contributed by atoms with Crippen LogP contribution in [0.5, 0.6) is 0 Å². The Morgan fingerprint density at radius 3 is 2.42 bits per heavy atom. The zero-order chi connectivity index (χ0) is 13.8. The minimum atomic E-state index is 0.394. The Bertz CT molecular complexity index is 456. The van der Waals surface area contributed by atoms with Gasteiger partial charge in [-0.3, -0.25) is 4.90 Å². The number of thiocarbonyl (C=S) groups is 1. The van der Waals surface area contributed by atoms with Crippen LogP contribution in [0.3, 0.4) is 0 Å². The highest BCUT2D eigenvalue weighted by atomic mass is 35.5. The van der Waals surface area contributed by atoms with Gasteiger partial charge < -0.3 is 10.6 Å². The second-order valence-electron chi connectivity index (χ2n) is 4.88. The fourth-order valence-corrected chi connectivity index (χ4v) is 2.70. The summed E-state index contributed by atoms with van der Waals surface area (Å²) in [5, 5.41) is 0.753. The van der Waals surface area contributed by atoms with Gasteiger partial charge in [-0.25, -0.2) is 0 Å². The number of likely N-dealkylation sites (N-methyl/N-ethyl adjacent to an activating group) is 1. The Kier molecular flexibility index (Phi) is 5.16. The normalized spacial score (nSPS) is 17.6. The van der Waals surface area contributed by atoms with Crippen LogP contribution in [0.1, 0.15) is 18.1 Å². The topological polar surface area (TPSA) is 32.5 Å². The van der Waals surface area contributed by atoms with E-state index in [1.807, 2.05) is 18.2 Å². The van der Waals surface area contributed by atoms with Crippen molar-refractivity contribution in [2.45, 2.75) is 13.5 Å². The molecule has 3 nitrogen and oxygen atoms in total. The lowest BCUT2D eigenvalue weighted by Gasteiger charge is -2.34. The van der Waals surface area contributed by atoms with Crippen molar-refractivity contribution in [1.29, 1.82) is 0 Å². The Morgan fingerprint density at radius 1 is 1.26 bits per heavy atom. The van der Waals surface area contributed by atoms with E-state index in [-0.39, 0.29) is 0 Å². The zero-order valence-corrected chi connectivity index (χ0v) is 12.8. The first-order valence-electron chi connectivity index (χ1n) is 6.63. The highest BCUT2D eigenvalue weighted by Gasteiger charge is 2.16. The second kappa shape index (κ2) is 6.66. The zero-order valence-electron chi connectivity index (χ0n) is 11.2. The van der Waals surface area contributed by atoms with Crippen molar-refractivity contribution in [3.8, 4) is 0 Å². The first-order chi connectivity index (χ1) is 9.10. The molecular formula is C14H20ClN3S. The van der Waals surface area contributed by atoms with Crippen LogP contribution in [0.4, 0.5) is 0 Å². The number of halogens is 1.